The molecule has 7 heteroatoms. The third-order valence-corrected chi connectivity index (χ3v) is 7.60. The Labute approximate surface area is 163 Å². The summed E-state index contributed by atoms with van der Waals surface area (Å²) in [5.74, 6) is 0.579. The van der Waals surface area contributed by atoms with Gasteiger partial charge in [0.15, 0.2) is 5.82 Å². The van der Waals surface area contributed by atoms with Crippen molar-refractivity contribution in [1.82, 2.24) is 9.78 Å². The summed E-state index contributed by atoms with van der Waals surface area (Å²) >= 11 is 1.34. The minimum atomic E-state index is -3.73. The molecule has 0 fully saturated rings. The maximum Gasteiger partial charge on any atom is 0.213 e. The zero-order valence-corrected chi connectivity index (χ0v) is 17.2. The molecule has 1 aliphatic rings. The van der Waals surface area contributed by atoms with Crippen LogP contribution in [-0.2, 0) is 9.84 Å². The first-order valence-corrected chi connectivity index (χ1v) is 11.2. The van der Waals surface area contributed by atoms with Crippen LogP contribution in [0.2, 0.25) is 0 Å². The Hall–Kier alpha value is -2.25. The molecule has 27 heavy (non-hydrogen) atoms. The van der Waals surface area contributed by atoms with Gasteiger partial charge in [-0.15, -0.1) is 11.8 Å². The minimum absolute atomic E-state index is 0.260. The average Bonchev–Trinajstić information content (AvgIpc) is 3.05. The van der Waals surface area contributed by atoms with E-state index in [0.717, 1.165) is 22.0 Å². The van der Waals surface area contributed by atoms with Gasteiger partial charge in [-0.2, -0.15) is 5.10 Å². The fraction of sp³-hybridized carbons (Fsp3) is 0.200. The van der Waals surface area contributed by atoms with Gasteiger partial charge in [0.1, 0.15) is 16.5 Å². The fourth-order valence-electron chi connectivity index (χ4n) is 3.31. The molecule has 0 bridgehead atoms. The van der Waals surface area contributed by atoms with Crippen LogP contribution in [0.5, 0.6) is 0 Å². The molecule has 0 unspecified atom stereocenters. The van der Waals surface area contributed by atoms with E-state index in [9.17, 15) is 8.42 Å². The van der Waals surface area contributed by atoms with Gasteiger partial charge in [-0.05, 0) is 48.6 Å². The SMILES string of the molecule is CSc1nn2c(c1S(=O)(=O)c1ccc3ccccc3c1)N(C)C(C)=C(C)[CH]2. The first kappa shape index (κ1) is 18.1. The van der Waals surface area contributed by atoms with Crippen molar-refractivity contribution in [3.8, 4) is 0 Å². The number of nitrogens with zero attached hydrogens (tertiary/aromatic N) is 3. The lowest BCUT2D eigenvalue weighted by molar-refractivity contribution is 0.594. The van der Waals surface area contributed by atoms with E-state index in [1.807, 2.05) is 68.9 Å². The van der Waals surface area contributed by atoms with Gasteiger partial charge in [-0.3, -0.25) is 0 Å². The maximum atomic E-state index is 13.6. The van der Waals surface area contributed by atoms with Crippen molar-refractivity contribution < 1.29 is 8.42 Å². The van der Waals surface area contributed by atoms with Crippen LogP contribution in [0.15, 0.2) is 68.6 Å². The number of rotatable bonds is 3. The van der Waals surface area contributed by atoms with E-state index in [4.69, 9.17) is 0 Å². The summed E-state index contributed by atoms with van der Waals surface area (Å²) in [7, 11) is -1.86. The van der Waals surface area contributed by atoms with Crippen molar-refractivity contribution in [3.05, 3.63) is 60.3 Å². The second kappa shape index (κ2) is 6.42. The molecule has 0 saturated carbocycles. The van der Waals surface area contributed by atoms with Crippen molar-refractivity contribution in [2.45, 2.75) is 28.7 Å². The van der Waals surface area contributed by atoms with Crippen LogP contribution in [0.3, 0.4) is 0 Å². The highest BCUT2D eigenvalue weighted by Crippen LogP contribution is 2.41. The zero-order chi connectivity index (χ0) is 19.3. The molecule has 1 aliphatic heterocycles. The van der Waals surface area contributed by atoms with Crippen LogP contribution in [0.25, 0.3) is 10.8 Å². The molecular formula is C20H20N3O2S2. The Bertz CT molecular complexity index is 1190. The van der Waals surface area contributed by atoms with Crippen molar-refractivity contribution in [1.29, 1.82) is 0 Å². The third kappa shape index (κ3) is 2.76. The van der Waals surface area contributed by atoms with Crippen LogP contribution in [0.1, 0.15) is 13.8 Å². The van der Waals surface area contributed by atoms with Crippen molar-refractivity contribution in [2.75, 3.05) is 18.2 Å². The van der Waals surface area contributed by atoms with Gasteiger partial charge in [0.25, 0.3) is 0 Å². The van der Waals surface area contributed by atoms with E-state index in [2.05, 4.69) is 5.10 Å². The normalized spacial score (nSPS) is 14.7. The lowest BCUT2D eigenvalue weighted by Crippen LogP contribution is -2.26. The second-order valence-electron chi connectivity index (χ2n) is 6.58. The number of sulfone groups is 1. The monoisotopic (exact) mass is 398 g/mol. The van der Waals surface area contributed by atoms with Gasteiger partial charge in [0, 0.05) is 12.7 Å². The number of benzene rings is 2. The van der Waals surface area contributed by atoms with Gasteiger partial charge in [0.05, 0.1) is 4.90 Å². The quantitative estimate of drug-likeness (QED) is 0.614. The van der Waals surface area contributed by atoms with Crippen LogP contribution < -0.4 is 4.90 Å². The van der Waals surface area contributed by atoms with E-state index >= 15 is 0 Å². The maximum absolute atomic E-state index is 13.6. The molecule has 0 atom stereocenters. The van der Waals surface area contributed by atoms with Crippen molar-refractivity contribution in [2.24, 2.45) is 0 Å². The molecule has 0 N–H and O–H groups in total. The Morgan fingerprint density at radius 1 is 1.04 bits per heavy atom. The number of hydrogen-bond donors (Lipinski definition) is 0. The topological polar surface area (TPSA) is 55.2 Å². The van der Waals surface area contributed by atoms with Crippen LogP contribution >= 0.6 is 11.8 Å². The van der Waals surface area contributed by atoms with Crippen LogP contribution in [0, 0.1) is 6.54 Å². The summed E-state index contributed by atoms with van der Waals surface area (Å²) in [5.41, 5.74) is 2.06. The van der Waals surface area contributed by atoms with Gasteiger partial charge in [-0.25, -0.2) is 13.1 Å². The average molecular weight is 399 g/mol. The molecular weight excluding hydrogens is 378 g/mol. The predicted octanol–water partition coefficient (Wildman–Crippen LogP) is 4.34. The number of thioether (sulfide) groups is 1. The summed E-state index contributed by atoms with van der Waals surface area (Å²) in [5, 5.41) is 6.94. The summed E-state index contributed by atoms with van der Waals surface area (Å²) in [6, 6.07) is 13.0. The summed E-state index contributed by atoms with van der Waals surface area (Å²) in [6.07, 6.45) is 1.85. The molecule has 1 radical (unpaired) electrons. The van der Waals surface area contributed by atoms with Gasteiger partial charge in [0.2, 0.25) is 9.84 Å². The number of allylic oxidation sites excluding steroid dienone is 2. The molecule has 2 heterocycles. The predicted molar refractivity (Wildman–Crippen MR) is 110 cm³/mol. The van der Waals surface area contributed by atoms with Crippen molar-refractivity contribution in [3.63, 3.8) is 0 Å². The van der Waals surface area contributed by atoms with E-state index in [1.165, 1.54) is 11.8 Å². The van der Waals surface area contributed by atoms with E-state index in [1.54, 1.807) is 16.8 Å². The first-order chi connectivity index (χ1) is 12.8. The Morgan fingerprint density at radius 2 is 1.74 bits per heavy atom. The molecule has 0 saturated heterocycles. The molecule has 3 aromatic rings. The number of anilines is 1. The highest BCUT2D eigenvalue weighted by molar-refractivity contribution is 7.99. The second-order valence-corrected chi connectivity index (χ2v) is 9.26. The van der Waals surface area contributed by atoms with E-state index in [0.29, 0.717) is 10.8 Å². The lowest BCUT2D eigenvalue weighted by Gasteiger charge is -2.28. The Balaban J connectivity index is 1.95. The first-order valence-electron chi connectivity index (χ1n) is 8.51. The molecule has 5 nitrogen and oxygen atoms in total. The lowest BCUT2D eigenvalue weighted by atomic mass is 10.1. The minimum Gasteiger partial charge on any atom is -0.333 e. The smallest absolute Gasteiger partial charge is 0.213 e. The number of hydrogen-bond acceptors (Lipinski definition) is 5. The molecule has 0 spiro atoms. The summed E-state index contributed by atoms with van der Waals surface area (Å²) < 4.78 is 28.9. The zero-order valence-electron chi connectivity index (χ0n) is 15.6. The summed E-state index contributed by atoms with van der Waals surface area (Å²) in [6.45, 7) is 5.85. The molecule has 0 aliphatic carbocycles. The molecule has 2 aromatic carbocycles. The molecule has 0 amide bonds. The Kier molecular flexibility index (Phi) is 4.31. The van der Waals surface area contributed by atoms with E-state index in [-0.39, 0.29) is 9.79 Å². The van der Waals surface area contributed by atoms with Gasteiger partial charge in [-0.1, -0.05) is 30.3 Å². The Morgan fingerprint density at radius 3 is 2.44 bits per heavy atom. The van der Waals surface area contributed by atoms with Gasteiger partial charge >= 0.3 is 0 Å². The van der Waals surface area contributed by atoms with Crippen molar-refractivity contribution >= 4 is 38.2 Å². The van der Waals surface area contributed by atoms with Gasteiger partial charge < -0.3 is 4.90 Å². The number of aromatic nitrogens is 2. The highest BCUT2D eigenvalue weighted by Gasteiger charge is 2.34. The number of fused-ring (bicyclic) bond motifs is 2. The fourth-order valence-corrected chi connectivity index (χ4v) is 5.84. The van der Waals surface area contributed by atoms with Crippen LogP contribution in [0.4, 0.5) is 5.82 Å². The summed E-state index contributed by atoms with van der Waals surface area (Å²) in [4.78, 5) is 2.44. The van der Waals surface area contributed by atoms with E-state index < -0.39 is 9.84 Å². The largest absolute Gasteiger partial charge is 0.333 e. The molecule has 1 aromatic heterocycles. The standard InChI is InChI=1S/C20H20N3O2S2/c1-13-12-23-20(22(3)14(13)2)18(19(21-23)26-4)27(24,25)17-10-9-15-7-5-6-8-16(15)11-17/h5-12H,1-4H3. The molecule has 139 valence electrons. The third-order valence-electron chi connectivity index (χ3n) is 5.01. The molecule has 4 rings (SSSR count). The van der Waals surface area contributed by atoms with Crippen LogP contribution in [-0.4, -0.2) is 31.5 Å². The highest BCUT2D eigenvalue weighted by atomic mass is 32.2.